The first-order valence-corrected chi connectivity index (χ1v) is 8.38. The van der Waals surface area contributed by atoms with Crippen molar-refractivity contribution in [1.82, 2.24) is 15.6 Å². The lowest BCUT2D eigenvalue weighted by Gasteiger charge is -2.15. The molecule has 0 unspecified atom stereocenters. The van der Waals surface area contributed by atoms with Gasteiger partial charge in [-0.1, -0.05) is 0 Å². The van der Waals surface area contributed by atoms with E-state index < -0.39 is 36.5 Å². The zero-order valence-electron chi connectivity index (χ0n) is 14.4. The minimum Gasteiger partial charge on any atom is -0.468 e. The number of carbonyl (C=O) groups is 1. The maximum absolute atomic E-state index is 13.4. The zero-order valence-corrected chi connectivity index (χ0v) is 14.4. The molecule has 1 atom stereocenters. The first-order valence-electron chi connectivity index (χ1n) is 8.38. The first kappa shape index (κ1) is 19.8. The number of fused-ring (bicyclic) bond motifs is 1. The minimum absolute atomic E-state index is 0.0219. The number of urea groups is 1. The maximum atomic E-state index is 13.4. The number of alkyl halides is 3. The lowest BCUT2D eigenvalue weighted by Crippen LogP contribution is -2.37. The van der Waals surface area contributed by atoms with E-state index >= 15 is 0 Å². The van der Waals surface area contributed by atoms with E-state index in [9.17, 15) is 26.7 Å². The molecule has 2 amide bonds. The third-order valence-corrected chi connectivity index (χ3v) is 4.20. The summed E-state index contributed by atoms with van der Waals surface area (Å²) in [4.78, 5) is 15.8. The van der Waals surface area contributed by atoms with Gasteiger partial charge in [-0.3, -0.25) is 0 Å². The number of nitrogens with zero attached hydrogens (tertiary/aromatic N) is 1. The highest BCUT2D eigenvalue weighted by Crippen LogP contribution is 2.32. The molecule has 1 aliphatic rings. The van der Waals surface area contributed by atoms with Crippen LogP contribution in [0.1, 0.15) is 29.2 Å². The summed E-state index contributed by atoms with van der Waals surface area (Å²) in [5.41, 5.74) is 1.66. The molecule has 150 valence electrons. The monoisotopic (exact) mass is 401 g/mol. The van der Waals surface area contributed by atoms with E-state index in [-0.39, 0.29) is 12.4 Å². The molecule has 0 spiro atoms. The molecule has 1 aromatic carbocycles. The number of halogens is 5. The van der Waals surface area contributed by atoms with Gasteiger partial charge in [-0.25, -0.2) is 18.6 Å². The minimum atomic E-state index is -4.48. The van der Waals surface area contributed by atoms with Gasteiger partial charge in [-0.05, 0) is 47.7 Å². The molecule has 0 radical (unpaired) electrons. The van der Waals surface area contributed by atoms with Gasteiger partial charge in [0.25, 0.3) is 0 Å². The normalized spacial score (nSPS) is 15.8. The van der Waals surface area contributed by atoms with Crippen molar-refractivity contribution < 1.29 is 31.5 Å². The van der Waals surface area contributed by atoms with E-state index in [2.05, 4.69) is 20.4 Å². The van der Waals surface area contributed by atoms with Crippen LogP contribution in [0, 0.1) is 11.6 Å². The summed E-state index contributed by atoms with van der Waals surface area (Å²) in [6.45, 7) is -1.44. The fraction of sp³-hybridized carbons (Fsp3) is 0.333. The Kier molecular flexibility index (Phi) is 5.66. The number of ether oxygens (including phenoxy) is 1. The molecule has 0 saturated carbocycles. The highest BCUT2D eigenvalue weighted by molar-refractivity contribution is 5.74. The van der Waals surface area contributed by atoms with Crippen molar-refractivity contribution in [3.63, 3.8) is 0 Å². The lowest BCUT2D eigenvalue weighted by molar-refractivity contribution is -0.154. The third-order valence-electron chi connectivity index (χ3n) is 4.20. The molecule has 1 aromatic heterocycles. The molecule has 1 aliphatic carbocycles. The van der Waals surface area contributed by atoms with Crippen LogP contribution in [0.2, 0.25) is 0 Å². The number of hydrogen-bond acceptors (Lipinski definition) is 3. The number of amides is 2. The highest BCUT2D eigenvalue weighted by Gasteiger charge is 2.29. The third kappa shape index (κ3) is 5.08. The number of rotatable bonds is 5. The number of nitrogens with one attached hydrogen (secondary N) is 2. The lowest BCUT2D eigenvalue weighted by atomic mass is 10.1. The predicted molar refractivity (Wildman–Crippen MR) is 88.6 cm³/mol. The Morgan fingerprint density at radius 3 is 2.71 bits per heavy atom. The van der Waals surface area contributed by atoms with Crippen molar-refractivity contribution in [1.29, 1.82) is 0 Å². The Morgan fingerprint density at radius 2 is 1.96 bits per heavy atom. The van der Waals surface area contributed by atoms with E-state index in [1.54, 1.807) is 0 Å². The van der Waals surface area contributed by atoms with Gasteiger partial charge in [0.2, 0.25) is 5.88 Å². The smallest absolute Gasteiger partial charge is 0.422 e. The van der Waals surface area contributed by atoms with Crippen LogP contribution in [-0.4, -0.2) is 23.8 Å². The van der Waals surface area contributed by atoms with Crippen LogP contribution in [0.5, 0.6) is 5.88 Å². The number of hydrogen-bond donors (Lipinski definition) is 2. The van der Waals surface area contributed by atoms with Crippen molar-refractivity contribution in [2.24, 2.45) is 0 Å². The van der Waals surface area contributed by atoms with Crippen LogP contribution in [0.3, 0.4) is 0 Å². The van der Waals surface area contributed by atoms with Gasteiger partial charge < -0.3 is 15.4 Å². The fourth-order valence-electron chi connectivity index (χ4n) is 2.94. The van der Waals surface area contributed by atoms with Gasteiger partial charge >= 0.3 is 12.2 Å². The molecule has 0 bridgehead atoms. The van der Waals surface area contributed by atoms with Crippen LogP contribution >= 0.6 is 0 Å². The van der Waals surface area contributed by atoms with Gasteiger partial charge in [-0.15, -0.1) is 0 Å². The SMILES string of the molecule is O=C(NCc1ccnc(OCC(F)(F)F)c1)N[C@H]1CCc2cc(F)c(F)cc21. The van der Waals surface area contributed by atoms with Crippen LogP contribution in [0.15, 0.2) is 30.5 Å². The second-order valence-electron chi connectivity index (χ2n) is 6.29. The van der Waals surface area contributed by atoms with Crippen LogP contribution in [0.25, 0.3) is 0 Å². The van der Waals surface area contributed by atoms with Gasteiger partial charge in [0, 0.05) is 18.8 Å². The standard InChI is InChI=1S/C18H16F5N3O2/c19-13-6-11-1-2-15(12(11)7-14(13)20)26-17(27)25-8-10-3-4-24-16(5-10)28-9-18(21,22)23/h3-7,15H,1-2,8-9H2,(H2,25,26,27)/t15-/m0/s1. The Hall–Kier alpha value is -2.91. The van der Waals surface area contributed by atoms with E-state index in [4.69, 9.17) is 0 Å². The largest absolute Gasteiger partial charge is 0.468 e. The number of benzene rings is 1. The van der Waals surface area contributed by atoms with E-state index in [1.165, 1.54) is 18.3 Å². The van der Waals surface area contributed by atoms with Gasteiger partial charge in [-0.2, -0.15) is 13.2 Å². The summed E-state index contributed by atoms with van der Waals surface area (Å²) in [7, 11) is 0. The van der Waals surface area contributed by atoms with Crippen molar-refractivity contribution in [2.75, 3.05) is 6.61 Å². The number of aromatic nitrogens is 1. The second-order valence-corrected chi connectivity index (χ2v) is 6.29. The van der Waals surface area contributed by atoms with Crippen molar-refractivity contribution >= 4 is 6.03 Å². The molecular formula is C18H16F5N3O2. The Bertz CT molecular complexity index is 873. The molecule has 3 rings (SSSR count). The highest BCUT2D eigenvalue weighted by atomic mass is 19.4. The Balaban J connectivity index is 1.54. The fourth-order valence-corrected chi connectivity index (χ4v) is 2.94. The number of pyridine rings is 1. The second kappa shape index (κ2) is 7.99. The van der Waals surface area contributed by atoms with Crippen LogP contribution in [-0.2, 0) is 13.0 Å². The topological polar surface area (TPSA) is 63.2 Å². The molecule has 2 N–H and O–H groups in total. The van der Waals surface area contributed by atoms with E-state index in [0.717, 1.165) is 12.1 Å². The van der Waals surface area contributed by atoms with Crippen molar-refractivity contribution in [3.8, 4) is 5.88 Å². The quantitative estimate of drug-likeness (QED) is 0.750. The summed E-state index contributed by atoms with van der Waals surface area (Å²) in [5, 5.41) is 5.24. The molecule has 0 saturated heterocycles. The maximum Gasteiger partial charge on any atom is 0.422 e. The number of aryl methyl sites for hydroxylation is 1. The first-order chi connectivity index (χ1) is 13.2. The Labute approximate surface area is 156 Å². The molecule has 2 aromatic rings. The average Bonchev–Trinajstić information content (AvgIpc) is 3.00. The van der Waals surface area contributed by atoms with E-state index in [0.29, 0.717) is 29.5 Å². The summed E-state index contributed by atoms with van der Waals surface area (Å²) >= 11 is 0. The summed E-state index contributed by atoms with van der Waals surface area (Å²) in [6.07, 6.45) is -2.18. The molecule has 1 heterocycles. The molecular weight excluding hydrogens is 385 g/mol. The average molecular weight is 401 g/mol. The molecule has 5 nitrogen and oxygen atoms in total. The van der Waals surface area contributed by atoms with Crippen molar-refractivity contribution in [3.05, 3.63) is 58.8 Å². The van der Waals surface area contributed by atoms with Crippen molar-refractivity contribution in [2.45, 2.75) is 31.6 Å². The summed E-state index contributed by atoms with van der Waals surface area (Å²) in [6, 6.07) is 4.02. The predicted octanol–water partition coefficient (Wildman–Crippen LogP) is 3.79. The summed E-state index contributed by atoms with van der Waals surface area (Å²) in [5.74, 6) is -2.11. The number of carbonyl (C=O) groups excluding carboxylic acids is 1. The van der Waals surface area contributed by atoms with Gasteiger partial charge in [0.1, 0.15) is 0 Å². The molecule has 0 aliphatic heterocycles. The molecule has 28 heavy (non-hydrogen) atoms. The molecule has 10 heteroatoms. The summed E-state index contributed by atoms with van der Waals surface area (Å²) < 4.78 is 67.8. The Morgan fingerprint density at radius 1 is 1.21 bits per heavy atom. The van der Waals surface area contributed by atoms with E-state index in [1.807, 2.05) is 0 Å². The van der Waals surface area contributed by atoms with Gasteiger partial charge in [0.15, 0.2) is 18.2 Å². The van der Waals surface area contributed by atoms with Gasteiger partial charge in [0.05, 0.1) is 6.04 Å². The van der Waals surface area contributed by atoms with Crippen LogP contribution < -0.4 is 15.4 Å². The zero-order chi connectivity index (χ0) is 20.3. The molecule has 0 fully saturated rings. The van der Waals surface area contributed by atoms with Crippen LogP contribution in [0.4, 0.5) is 26.7 Å².